The number of β-amino-alcohol motifs (C(OH)–C–C–N with tert-alkyl or cyclic N) is 1. The highest BCUT2D eigenvalue weighted by Crippen LogP contribution is 2.23. The zero-order chi connectivity index (χ0) is 13.8. The number of rotatable bonds is 3. The SMILES string of the molecule is Cc1cccc(C(=O)N2CCN(CCO)CC2)c1O. The standard InChI is InChI=1S/C14H20N2O3/c1-11-3-2-4-12(13(11)18)14(19)16-7-5-15(6-8-16)9-10-17/h2-4,17-18H,5-10H2,1H3. The highest BCUT2D eigenvalue weighted by atomic mass is 16.3. The van der Waals surface area contributed by atoms with E-state index in [2.05, 4.69) is 4.90 Å². The van der Waals surface area contributed by atoms with E-state index in [0.29, 0.717) is 30.8 Å². The van der Waals surface area contributed by atoms with Gasteiger partial charge in [-0.2, -0.15) is 0 Å². The first-order valence-electron chi connectivity index (χ1n) is 6.54. The summed E-state index contributed by atoms with van der Waals surface area (Å²) in [6.45, 7) is 5.37. The summed E-state index contributed by atoms with van der Waals surface area (Å²) in [4.78, 5) is 16.2. The summed E-state index contributed by atoms with van der Waals surface area (Å²) in [5.41, 5.74) is 1.08. The van der Waals surface area contributed by atoms with Crippen molar-refractivity contribution in [2.24, 2.45) is 0 Å². The second kappa shape index (κ2) is 6.04. The van der Waals surface area contributed by atoms with Gasteiger partial charge in [0.1, 0.15) is 5.75 Å². The highest BCUT2D eigenvalue weighted by molar-refractivity contribution is 5.97. The Hall–Kier alpha value is -1.59. The molecule has 1 amide bonds. The molecule has 1 aromatic carbocycles. The third-order valence-electron chi connectivity index (χ3n) is 3.54. The Balaban J connectivity index is 2.03. The molecule has 2 rings (SSSR count). The molecule has 1 aliphatic heterocycles. The Morgan fingerprint density at radius 3 is 2.58 bits per heavy atom. The number of hydrogen-bond acceptors (Lipinski definition) is 4. The summed E-state index contributed by atoms with van der Waals surface area (Å²) < 4.78 is 0. The van der Waals surface area contributed by atoms with E-state index < -0.39 is 0 Å². The summed E-state index contributed by atoms with van der Waals surface area (Å²) >= 11 is 0. The van der Waals surface area contributed by atoms with Crippen LogP contribution in [0.15, 0.2) is 18.2 Å². The second-order valence-electron chi connectivity index (χ2n) is 4.83. The normalized spacial score (nSPS) is 16.6. The quantitative estimate of drug-likeness (QED) is 0.832. The fraction of sp³-hybridized carbons (Fsp3) is 0.500. The predicted octanol–water partition coefficient (Wildman–Crippen LogP) is 0.451. The van der Waals surface area contributed by atoms with E-state index in [9.17, 15) is 9.90 Å². The van der Waals surface area contributed by atoms with Gasteiger partial charge in [0, 0.05) is 32.7 Å². The van der Waals surface area contributed by atoms with Crippen LogP contribution in [0.2, 0.25) is 0 Å². The number of aliphatic hydroxyl groups excluding tert-OH is 1. The third-order valence-corrected chi connectivity index (χ3v) is 3.54. The van der Waals surface area contributed by atoms with Crippen molar-refractivity contribution in [1.29, 1.82) is 0 Å². The number of piperazine rings is 1. The molecule has 1 aliphatic rings. The zero-order valence-electron chi connectivity index (χ0n) is 11.2. The van der Waals surface area contributed by atoms with Gasteiger partial charge in [0.05, 0.1) is 12.2 Å². The zero-order valence-corrected chi connectivity index (χ0v) is 11.2. The molecule has 1 saturated heterocycles. The van der Waals surface area contributed by atoms with Crippen LogP contribution < -0.4 is 0 Å². The predicted molar refractivity (Wildman–Crippen MR) is 72.3 cm³/mol. The number of amides is 1. The van der Waals surface area contributed by atoms with E-state index >= 15 is 0 Å². The lowest BCUT2D eigenvalue weighted by Gasteiger charge is -2.34. The first-order valence-corrected chi connectivity index (χ1v) is 6.54. The van der Waals surface area contributed by atoms with Crippen molar-refractivity contribution in [2.75, 3.05) is 39.3 Å². The number of aryl methyl sites for hydroxylation is 1. The summed E-state index contributed by atoms with van der Waals surface area (Å²) in [6, 6.07) is 5.22. The van der Waals surface area contributed by atoms with Crippen molar-refractivity contribution in [3.8, 4) is 5.75 Å². The summed E-state index contributed by atoms with van der Waals surface area (Å²) in [6.07, 6.45) is 0. The number of aromatic hydroxyl groups is 1. The average molecular weight is 264 g/mol. The molecule has 0 unspecified atom stereocenters. The maximum absolute atomic E-state index is 12.3. The Bertz CT molecular complexity index is 454. The smallest absolute Gasteiger partial charge is 0.257 e. The van der Waals surface area contributed by atoms with Crippen LogP contribution in [-0.4, -0.2) is 65.3 Å². The van der Waals surface area contributed by atoms with Crippen LogP contribution in [0.5, 0.6) is 5.75 Å². The lowest BCUT2D eigenvalue weighted by atomic mass is 10.1. The summed E-state index contributed by atoms with van der Waals surface area (Å²) in [5.74, 6) is -0.0462. The minimum absolute atomic E-state index is 0.0743. The third kappa shape index (κ3) is 3.05. The molecule has 5 heteroatoms. The van der Waals surface area contributed by atoms with Gasteiger partial charge in [0.25, 0.3) is 5.91 Å². The Kier molecular flexibility index (Phi) is 4.39. The first-order chi connectivity index (χ1) is 9.13. The van der Waals surface area contributed by atoms with E-state index in [0.717, 1.165) is 13.1 Å². The molecule has 1 aromatic rings. The lowest BCUT2D eigenvalue weighted by molar-refractivity contribution is 0.0612. The van der Waals surface area contributed by atoms with E-state index in [4.69, 9.17) is 5.11 Å². The maximum atomic E-state index is 12.3. The largest absolute Gasteiger partial charge is 0.507 e. The van der Waals surface area contributed by atoms with Crippen LogP contribution in [0, 0.1) is 6.92 Å². The molecule has 0 aliphatic carbocycles. The number of benzene rings is 1. The van der Waals surface area contributed by atoms with Crippen molar-refractivity contribution < 1.29 is 15.0 Å². The molecule has 19 heavy (non-hydrogen) atoms. The van der Waals surface area contributed by atoms with Crippen LogP contribution >= 0.6 is 0 Å². The van der Waals surface area contributed by atoms with Gasteiger partial charge in [0.2, 0.25) is 0 Å². The van der Waals surface area contributed by atoms with Crippen molar-refractivity contribution in [2.45, 2.75) is 6.92 Å². The molecular formula is C14H20N2O3. The van der Waals surface area contributed by atoms with Gasteiger partial charge in [0.15, 0.2) is 0 Å². The number of phenols is 1. The molecule has 0 saturated carbocycles. The molecule has 0 atom stereocenters. The lowest BCUT2D eigenvalue weighted by Crippen LogP contribution is -2.49. The molecule has 0 bridgehead atoms. The van der Waals surface area contributed by atoms with Gasteiger partial charge < -0.3 is 15.1 Å². The van der Waals surface area contributed by atoms with Gasteiger partial charge in [-0.05, 0) is 18.6 Å². The van der Waals surface area contributed by atoms with Gasteiger partial charge in [-0.15, -0.1) is 0 Å². The van der Waals surface area contributed by atoms with E-state index in [1.165, 1.54) is 0 Å². The number of nitrogens with zero attached hydrogens (tertiary/aromatic N) is 2. The number of para-hydroxylation sites is 1. The van der Waals surface area contributed by atoms with Crippen LogP contribution in [-0.2, 0) is 0 Å². The maximum Gasteiger partial charge on any atom is 0.257 e. The van der Waals surface area contributed by atoms with Crippen molar-refractivity contribution >= 4 is 5.91 Å². The van der Waals surface area contributed by atoms with Gasteiger partial charge >= 0.3 is 0 Å². The average Bonchev–Trinajstić information content (AvgIpc) is 2.42. The second-order valence-corrected chi connectivity index (χ2v) is 4.83. The van der Waals surface area contributed by atoms with Gasteiger partial charge in [-0.3, -0.25) is 9.69 Å². The monoisotopic (exact) mass is 264 g/mol. The highest BCUT2D eigenvalue weighted by Gasteiger charge is 2.23. The molecular weight excluding hydrogens is 244 g/mol. The minimum atomic E-state index is -0.121. The van der Waals surface area contributed by atoms with E-state index in [1.807, 2.05) is 0 Å². The molecule has 0 aromatic heterocycles. The van der Waals surface area contributed by atoms with E-state index in [-0.39, 0.29) is 18.3 Å². The van der Waals surface area contributed by atoms with Gasteiger partial charge in [-0.1, -0.05) is 12.1 Å². The van der Waals surface area contributed by atoms with Crippen molar-refractivity contribution in [3.05, 3.63) is 29.3 Å². The minimum Gasteiger partial charge on any atom is -0.507 e. The van der Waals surface area contributed by atoms with Crippen LogP contribution in [0.25, 0.3) is 0 Å². The van der Waals surface area contributed by atoms with E-state index in [1.54, 1.807) is 30.0 Å². The molecule has 5 nitrogen and oxygen atoms in total. The Labute approximate surface area is 113 Å². The first kappa shape index (κ1) is 13.8. The van der Waals surface area contributed by atoms with Crippen molar-refractivity contribution in [3.63, 3.8) is 0 Å². The molecule has 1 fully saturated rings. The summed E-state index contributed by atoms with van der Waals surface area (Å²) in [7, 11) is 0. The molecule has 0 radical (unpaired) electrons. The number of phenolic OH excluding ortho intramolecular Hbond substituents is 1. The fourth-order valence-electron chi connectivity index (χ4n) is 2.32. The Morgan fingerprint density at radius 1 is 1.26 bits per heavy atom. The molecule has 1 heterocycles. The van der Waals surface area contributed by atoms with Crippen molar-refractivity contribution in [1.82, 2.24) is 9.80 Å². The number of carbonyl (C=O) groups excluding carboxylic acids is 1. The molecule has 104 valence electrons. The molecule has 0 spiro atoms. The van der Waals surface area contributed by atoms with Crippen LogP contribution in [0.3, 0.4) is 0 Å². The van der Waals surface area contributed by atoms with Crippen LogP contribution in [0.1, 0.15) is 15.9 Å². The number of hydrogen-bond donors (Lipinski definition) is 2. The van der Waals surface area contributed by atoms with Crippen LogP contribution in [0.4, 0.5) is 0 Å². The van der Waals surface area contributed by atoms with Gasteiger partial charge in [-0.25, -0.2) is 0 Å². The fourth-order valence-corrected chi connectivity index (χ4v) is 2.32. The molecule has 2 N–H and O–H groups in total. The number of aliphatic hydroxyl groups is 1. The summed E-state index contributed by atoms with van der Waals surface area (Å²) in [5, 5.41) is 18.8. The Morgan fingerprint density at radius 2 is 1.95 bits per heavy atom. The topological polar surface area (TPSA) is 64.0 Å². The number of carbonyl (C=O) groups is 1.